The Bertz CT molecular complexity index is 1580. The standard InChI is InChI=1S/C30H27F2N3O8/c1-40-13-14-42-27-23(10-3-17-16-34(29(38)26(17)27)24-11-12-25(36)33-28(24)37)35(30(39)41-2)18-4-6-19(7-5-18)43-20-8-9-21(31)22(32)15-20/h3-10,15,24H,11-14,16H2,1-2H3,(H,33,36,37). The lowest BCUT2D eigenvalue weighted by Gasteiger charge is -2.29. The molecule has 0 saturated carbocycles. The molecule has 0 aliphatic carbocycles. The number of carbonyl (C=O) groups excluding carboxylic acids is 4. The number of carbonyl (C=O) groups is 4. The van der Waals surface area contributed by atoms with E-state index >= 15 is 0 Å². The lowest BCUT2D eigenvalue weighted by atomic mass is 10.0. The molecule has 4 amide bonds. The number of amides is 4. The maximum Gasteiger partial charge on any atom is 0.418 e. The number of rotatable bonds is 9. The summed E-state index contributed by atoms with van der Waals surface area (Å²) in [6, 6.07) is 11.7. The third-order valence-electron chi connectivity index (χ3n) is 6.98. The van der Waals surface area contributed by atoms with E-state index in [1.165, 1.54) is 54.4 Å². The second-order valence-electron chi connectivity index (χ2n) is 9.67. The molecule has 13 heteroatoms. The molecule has 3 aromatic rings. The number of fused-ring (bicyclic) bond motifs is 1. The Labute approximate surface area is 244 Å². The van der Waals surface area contributed by atoms with E-state index in [-0.39, 0.29) is 61.1 Å². The summed E-state index contributed by atoms with van der Waals surface area (Å²) in [6.45, 7) is 0.333. The Kier molecular flexibility index (Phi) is 8.53. The van der Waals surface area contributed by atoms with E-state index in [0.29, 0.717) is 11.3 Å². The van der Waals surface area contributed by atoms with Crippen molar-refractivity contribution in [1.29, 1.82) is 0 Å². The summed E-state index contributed by atoms with van der Waals surface area (Å²) in [5.74, 6) is -3.07. The average Bonchev–Trinajstić information content (AvgIpc) is 3.32. The van der Waals surface area contributed by atoms with Crippen molar-refractivity contribution in [2.45, 2.75) is 25.4 Å². The van der Waals surface area contributed by atoms with Gasteiger partial charge >= 0.3 is 6.09 Å². The lowest BCUT2D eigenvalue weighted by Crippen LogP contribution is -2.52. The quantitative estimate of drug-likeness (QED) is 0.284. The van der Waals surface area contributed by atoms with Crippen LogP contribution in [0.25, 0.3) is 0 Å². The zero-order valence-corrected chi connectivity index (χ0v) is 23.2. The van der Waals surface area contributed by atoms with Crippen LogP contribution in [-0.2, 0) is 25.6 Å². The molecule has 224 valence electrons. The van der Waals surface area contributed by atoms with Gasteiger partial charge in [-0.25, -0.2) is 18.5 Å². The Hall–Kier alpha value is -5.04. The molecule has 1 atom stereocenters. The number of imide groups is 1. The molecule has 1 N–H and O–H groups in total. The molecule has 43 heavy (non-hydrogen) atoms. The molecular weight excluding hydrogens is 568 g/mol. The van der Waals surface area contributed by atoms with Gasteiger partial charge in [0.15, 0.2) is 17.4 Å². The van der Waals surface area contributed by atoms with E-state index in [1.54, 1.807) is 12.1 Å². The summed E-state index contributed by atoms with van der Waals surface area (Å²) >= 11 is 0. The number of ether oxygens (including phenoxy) is 4. The predicted octanol–water partition coefficient (Wildman–Crippen LogP) is 4.45. The van der Waals surface area contributed by atoms with Gasteiger partial charge in [-0.3, -0.25) is 19.7 Å². The van der Waals surface area contributed by atoms with Gasteiger partial charge in [0.1, 0.15) is 24.1 Å². The number of hydrogen-bond donors (Lipinski definition) is 1. The van der Waals surface area contributed by atoms with Crippen molar-refractivity contribution in [3.63, 3.8) is 0 Å². The summed E-state index contributed by atoms with van der Waals surface area (Å²) in [7, 11) is 2.69. The third-order valence-corrected chi connectivity index (χ3v) is 6.98. The minimum atomic E-state index is -1.06. The van der Waals surface area contributed by atoms with Gasteiger partial charge in [0.2, 0.25) is 11.8 Å². The van der Waals surface area contributed by atoms with Crippen LogP contribution < -0.4 is 19.7 Å². The monoisotopic (exact) mass is 595 g/mol. The minimum absolute atomic E-state index is 0.0433. The molecule has 2 heterocycles. The van der Waals surface area contributed by atoms with Gasteiger partial charge in [0.05, 0.1) is 30.7 Å². The smallest absolute Gasteiger partial charge is 0.418 e. The Morgan fingerprint density at radius 1 is 0.977 bits per heavy atom. The zero-order chi connectivity index (χ0) is 30.7. The van der Waals surface area contributed by atoms with E-state index in [9.17, 15) is 28.0 Å². The fourth-order valence-corrected chi connectivity index (χ4v) is 4.93. The topological polar surface area (TPSA) is 124 Å². The van der Waals surface area contributed by atoms with Gasteiger partial charge in [-0.2, -0.15) is 0 Å². The van der Waals surface area contributed by atoms with Crippen LogP contribution in [-0.4, -0.2) is 62.2 Å². The molecule has 5 rings (SSSR count). The Morgan fingerprint density at radius 3 is 2.40 bits per heavy atom. The second-order valence-corrected chi connectivity index (χ2v) is 9.67. The summed E-state index contributed by atoms with van der Waals surface area (Å²) in [4.78, 5) is 53.7. The van der Waals surface area contributed by atoms with E-state index < -0.39 is 41.5 Å². The van der Waals surface area contributed by atoms with Gasteiger partial charge in [-0.1, -0.05) is 6.07 Å². The van der Waals surface area contributed by atoms with E-state index in [2.05, 4.69) is 5.32 Å². The van der Waals surface area contributed by atoms with Crippen LogP contribution in [0, 0.1) is 11.6 Å². The van der Waals surface area contributed by atoms with Crippen LogP contribution in [0.1, 0.15) is 28.8 Å². The van der Waals surface area contributed by atoms with Crippen molar-refractivity contribution in [3.8, 4) is 17.2 Å². The SMILES string of the molecule is COCCOc1c(N(C(=O)OC)c2ccc(Oc3ccc(F)c(F)c3)cc2)ccc2c1C(=O)N(C1CCC(=O)NC1=O)C2. The van der Waals surface area contributed by atoms with Crippen molar-refractivity contribution >= 4 is 35.2 Å². The number of nitrogens with one attached hydrogen (secondary N) is 1. The van der Waals surface area contributed by atoms with Crippen LogP contribution in [0.4, 0.5) is 25.0 Å². The first-order valence-corrected chi connectivity index (χ1v) is 13.2. The fourth-order valence-electron chi connectivity index (χ4n) is 4.93. The number of methoxy groups -OCH3 is 2. The van der Waals surface area contributed by atoms with E-state index in [0.717, 1.165) is 12.1 Å². The molecule has 0 aromatic heterocycles. The third kappa shape index (κ3) is 5.97. The Balaban J connectivity index is 1.50. The number of piperidine rings is 1. The first kappa shape index (κ1) is 29.5. The number of halogens is 2. The maximum absolute atomic E-state index is 13.7. The predicted molar refractivity (Wildman–Crippen MR) is 147 cm³/mol. The van der Waals surface area contributed by atoms with Crippen molar-refractivity contribution < 1.29 is 46.9 Å². The maximum atomic E-state index is 13.7. The average molecular weight is 596 g/mol. The highest BCUT2D eigenvalue weighted by atomic mass is 19.2. The largest absolute Gasteiger partial charge is 0.488 e. The lowest BCUT2D eigenvalue weighted by molar-refractivity contribution is -0.136. The molecular formula is C30H27F2N3O8. The summed E-state index contributed by atoms with van der Waals surface area (Å²) in [5, 5.41) is 2.27. The first-order valence-electron chi connectivity index (χ1n) is 13.2. The molecule has 1 saturated heterocycles. The van der Waals surface area contributed by atoms with Crippen LogP contribution >= 0.6 is 0 Å². The summed E-state index contributed by atoms with van der Waals surface area (Å²) in [6.07, 6.45) is -0.506. The van der Waals surface area contributed by atoms with Crippen LogP contribution in [0.3, 0.4) is 0 Å². The molecule has 2 aliphatic heterocycles. The van der Waals surface area contributed by atoms with Gasteiger partial charge < -0.3 is 23.8 Å². The molecule has 0 radical (unpaired) electrons. The molecule has 1 fully saturated rings. The minimum Gasteiger partial charge on any atom is -0.488 e. The van der Waals surface area contributed by atoms with Crippen molar-refractivity contribution in [2.75, 3.05) is 32.3 Å². The summed E-state index contributed by atoms with van der Waals surface area (Å²) in [5.41, 5.74) is 1.25. The van der Waals surface area contributed by atoms with Crippen molar-refractivity contribution in [1.82, 2.24) is 10.2 Å². The molecule has 3 aromatic carbocycles. The number of benzene rings is 3. The van der Waals surface area contributed by atoms with Crippen molar-refractivity contribution in [3.05, 3.63) is 77.4 Å². The van der Waals surface area contributed by atoms with Gasteiger partial charge in [-0.15, -0.1) is 0 Å². The van der Waals surface area contributed by atoms with Gasteiger partial charge in [0, 0.05) is 26.1 Å². The number of nitrogens with zero attached hydrogens (tertiary/aromatic N) is 2. The van der Waals surface area contributed by atoms with Crippen LogP contribution in [0.5, 0.6) is 17.2 Å². The normalized spacial score (nSPS) is 16.0. The highest BCUT2D eigenvalue weighted by Crippen LogP contribution is 2.43. The first-order chi connectivity index (χ1) is 20.7. The highest BCUT2D eigenvalue weighted by Gasteiger charge is 2.42. The van der Waals surface area contributed by atoms with E-state index in [4.69, 9.17) is 18.9 Å². The second kappa shape index (κ2) is 12.4. The molecule has 0 spiro atoms. The number of anilines is 2. The molecule has 0 bridgehead atoms. The molecule has 2 aliphatic rings. The number of hydrogen-bond acceptors (Lipinski definition) is 8. The molecule has 1 unspecified atom stereocenters. The van der Waals surface area contributed by atoms with Gasteiger partial charge in [0.25, 0.3) is 5.91 Å². The highest BCUT2D eigenvalue weighted by molar-refractivity contribution is 6.09. The summed E-state index contributed by atoms with van der Waals surface area (Å²) < 4.78 is 48.7. The fraction of sp³-hybridized carbons (Fsp3) is 0.267. The van der Waals surface area contributed by atoms with Crippen molar-refractivity contribution in [2.24, 2.45) is 0 Å². The van der Waals surface area contributed by atoms with Crippen LogP contribution in [0.15, 0.2) is 54.6 Å². The Morgan fingerprint density at radius 2 is 1.72 bits per heavy atom. The molecule has 11 nitrogen and oxygen atoms in total. The van der Waals surface area contributed by atoms with Gasteiger partial charge in [-0.05, 0) is 54.4 Å². The van der Waals surface area contributed by atoms with Crippen LogP contribution in [0.2, 0.25) is 0 Å². The zero-order valence-electron chi connectivity index (χ0n) is 23.2. The van der Waals surface area contributed by atoms with E-state index in [1.807, 2.05) is 0 Å².